The molecule has 9 heteroatoms. The Morgan fingerprint density at radius 3 is 2.23 bits per heavy atom. The molecule has 160 valence electrons. The number of rotatable bonds is 9. The van der Waals surface area contributed by atoms with Gasteiger partial charge in [0.05, 0.1) is 33.4 Å². The summed E-state index contributed by atoms with van der Waals surface area (Å²) in [6.45, 7) is 1.70. The summed E-state index contributed by atoms with van der Waals surface area (Å²) in [5, 5.41) is 6.61. The van der Waals surface area contributed by atoms with Crippen molar-refractivity contribution in [1.29, 1.82) is 0 Å². The van der Waals surface area contributed by atoms with Gasteiger partial charge in [-0.05, 0) is 36.8 Å². The number of hydrogen-bond donors (Lipinski definition) is 2. The lowest BCUT2D eigenvalue weighted by molar-refractivity contribution is -0.115. The highest BCUT2D eigenvalue weighted by Crippen LogP contribution is 2.28. The Labute approximate surface area is 175 Å². The van der Waals surface area contributed by atoms with Gasteiger partial charge in [-0.25, -0.2) is 10.2 Å². The van der Waals surface area contributed by atoms with Crippen LogP contribution in [0.1, 0.15) is 18.9 Å². The molecule has 0 spiro atoms. The lowest BCUT2D eigenvalue weighted by Gasteiger charge is -2.11. The Bertz CT molecular complexity index is 896. The summed E-state index contributed by atoms with van der Waals surface area (Å²) in [6.07, 6.45) is -0.751. The highest BCUT2D eigenvalue weighted by Gasteiger charge is 2.11. The van der Waals surface area contributed by atoms with Crippen LogP contribution in [0.3, 0.4) is 0 Å². The molecule has 2 amide bonds. The van der Waals surface area contributed by atoms with Crippen molar-refractivity contribution >= 4 is 23.4 Å². The Morgan fingerprint density at radius 2 is 1.60 bits per heavy atom. The molecule has 0 radical (unpaired) electrons. The molecule has 0 aliphatic heterocycles. The van der Waals surface area contributed by atoms with Crippen LogP contribution >= 0.6 is 0 Å². The van der Waals surface area contributed by atoms with Crippen molar-refractivity contribution in [2.24, 2.45) is 5.10 Å². The second kappa shape index (κ2) is 11.3. The molecule has 0 bridgehead atoms. The molecule has 2 N–H and O–H groups in total. The van der Waals surface area contributed by atoms with E-state index in [0.29, 0.717) is 28.6 Å². The molecule has 2 rings (SSSR count). The number of amides is 2. The highest BCUT2D eigenvalue weighted by atomic mass is 16.6. The maximum atomic E-state index is 12.3. The molecule has 0 unspecified atom stereocenters. The van der Waals surface area contributed by atoms with Gasteiger partial charge in [0.15, 0.2) is 0 Å². The summed E-state index contributed by atoms with van der Waals surface area (Å²) in [4.78, 5) is 24.0. The van der Waals surface area contributed by atoms with Crippen molar-refractivity contribution in [2.45, 2.75) is 20.0 Å². The number of nitrogens with one attached hydrogen (secondary N) is 2. The van der Waals surface area contributed by atoms with Crippen molar-refractivity contribution in [3.05, 3.63) is 48.0 Å². The number of hydrazone groups is 1. The summed E-state index contributed by atoms with van der Waals surface area (Å²) in [7, 11) is 4.61. The Kier molecular flexibility index (Phi) is 8.49. The Balaban J connectivity index is 1.82. The molecular weight excluding hydrogens is 390 g/mol. The van der Waals surface area contributed by atoms with Crippen LogP contribution < -0.4 is 25.0 Å². The molecule has 30 heavy (non-hydrogen) atoms. The van der Waals surface area contributed by atoms with E-state index < -0.39 is 6.09 Å². The van der Waals surface area contributed by atoms with E-state index >= 15 is 0 Å². The minimum Gasteiger partial charge on any atom is -0.497 e. The van der Waals surface area contributed by atoms with Gasteiger partial charge >= 0.3 is 6.09 Å². The van der Waals surface area contributed by atoms with Crippen LogP contribution in [0.5, 0.6) is 17.2 Å². The minimum absolute atomic E-state index is 0.0286. The second-order valence-electron chi connectivity index (χ2n) is 6.17. The van der Waals surface area contributed by atoms with Gasteiger partial charge in [-0.1, -0.05) is 12.1 Å². The predicted molar refractivity (Wildman–Crippen MR) is 112 cm³/mol. The fourth-order valence-corrected chi connectivity index (χ4v) is 2.42. The van der Waals surface area contributed by atoms with Gasteiger partial charge in [0.25, 0.3) is 0 Å². The third-order valence-corrected chi connectivity index (χ3v) is 3.96. The van der Waals surface area contributed by atoms with Crippen molar-refractivity contribution in [3.63, 3.8) is 0 Å². The molecule has 0 heterocycles. The van der Waals surface area contributed by atoms with Crippen molar-refractivity contribution < 1.29 is 28.5 Å². The summed E-state index contributed by atoms with van der Waals surface area (Å²) >= 11 is 0. The second-order valence-corrected chi connectivity index (χ2v) is 6.17. The number of carbonyl (C=O) groups excluding carboxylic acids is 2. The van der Waals surface area contributed by atoms with Crippen molar-refractivity contribution in [1.82, 2.24) is 5.43 Å². The molecule has 0 fully saturated rings. The van der Waals surface area contributed by atoms with Crippen LogP contribution in [0, 0.1) is 0 Å². The lowest BCUT2D eigenvalue weighted by Crippen LogP contribution is -2.22. The van der Waals surface area contributed by atoms with Gasteiger partial charge < -0.3 is 24.3 Å². The molecule has 0 saturated carbocycles. The van der Waals surface area contributed by atoms with Gasteiger partial charge in [-0.2, -0.15) is 5.10 Å². The fraction of sp³-hybridized carbons (Fsp3) is 0.286. The summed E-state index contributed by atoms with van der Waals surface area (Å²) in [5.41, 5.74) is 3.94. The summed E-state index contributed by atoms with van der Waals surface area (Å²) in [6, 6.07) is 12.2. The smallest absolute Gasteiger partial charge is 0.428 e. The first-order valence-electron chi connectivity index (χ1n) is 9.06. The number of methoxy groups -OCH3 is 3. The average molecular weight is 415 g/mol. The van der Waals surface area contributed by atoms with Gasteiger partial charge in [0.2, 0.25) is 5.91 Å². The van der Waals surface area contributed by atoms with Crippen molar-refractivity contribution in [3.8, 4) is 17.2 Å². The number of benzene rings is 2. The standard InChI is InChI=1S/C21H25N3O6/c1-14(11-20(25)22-18-12-17(28-3)9-10-19(18)29-4)23-24-21(26)30-13-15-5-7-16(27-2)8-6-15/h5-10,12H,11,13H2,1-4H3,(H,22,25)(H,24,26). The molecule has 0 aliphatic carbocycles. The molecule has 0 atom stereocenters. The van der Waals surface area contributed by atoms with Crippen LogP contribution in [-0.4, -0.2) is 39.0 Å². The minimum atomic E-state index is -0.722. The fourth-order valence-electron chi connectivity index (χ4n) is 2.42. The van der Waals surface area contributed by atoms with Gasteiger partial charge in [0, 0.05) is 11.8 Å². The van der Waals surface area contributed by atoms with E-state index in [0.717, 1.165) is 5.56 Å². The van der Waals surface area contributed by atoms with E-state index in [4.69, 9.17) is 18.9 Å². The normalized spacial score (nSPS) is 10.7. The largest absolute Gasteiger partial charge is 0.497 e. The molecular formula is C21H25N3O6. The van der Waals surface area contributed by atoms with Crippen LogP contribution in [0.15, 0.2) is 47.6 Å². The topological polar surface area (TPSA) is 107 Å². The highest BCUT2D eigenvalue weighted by molar-refractivity contribution is 6.06. The van der Waals surface area contributed by atoms with Crippen LogP contribution in [0.25, 0.3) is 0 Å². The van der Waals surface area contributed by atoms with Gasteiger partial charge in [-0.15, -0.1) is 0 Å². The summed E-state index contributed by atoms with van der Waals surface area (Å²) < 4.78 is 20.5. The zero-order valence-electron chi connectivity index (χ0n) is 17.4. The van der Waals surface area contributed by atoms with E-state index in [1.807, 2.05) is 0 Å². The predicted octanol–water partition coefficient (Wildman–Crippen LogP) is 3.34. The number of nitrogens with zero attached hydrogens (tertiary/aromatic N) is 1. The van der Waals surface area contributed by atoms with Gasteiger partial charge in [-0.3, -0.25) is 4.79 Å². The third kappa shape index (κ3) is 7.01. The third-order valence-electron chi connectivity index (χ3n) is 3.96. The monoisotopic (exact) mass is 415 g/mol. The number of hydrogen-bond acceptors (Lipinski definition) is 7. The number of carbonyl (C=O) groups is 2. The molecule has 0 aromatic heterocycles. The quantitative estimate of drug-likeness (QED) is 0.480. The molecule has 0 aliphatic rings. The first-order chi connectivity index (χ1) is 14.4. The van der Waals surface area contributed by atoms with Gasteiger partial charge in [0.1, 0.15) is 23.9 Å². The van der Waals surface area contributed by atoms with Crippen LogP contribution in [-0.2, 0) is 16.1 Å². The lowest BCUT2D eigenvalue weighted by atomic mass is 10.2. The molecule has 2 aromatic rings. The zero-order chi connectivity index (χ0) is 21.9. The average Bonchev–Trinajstić information content (AvgIpc) is 2.76. The zero-order valence-corrected chi connectivity index (χ0v) is 17.4. The van der Waals surface area contributed by atoms with Crippen molar-refractivity contribution in [2.75, 3.05) is 26.6 Å². The van der Waals surface area contributed by atoms with Crippen LogP contribution in [0.2, 0.25) is 0 Å². The maximum absolute atomic E-state index is 12.3. The molecule has 2 aromatic carbocycles. The maximum Gasteiger partial charge on any atom is 0.428 e. The van der Waals surface area contributed by atoms with E-state index in [9.17, 15) is 9.59 Å². The van der Waals surface area contributed by atoms with E-state index in [1.54, 1.807) is 56.5 Å². The van der Waals surface area contributed by atoms with Crippen LogP contribution in [0.4, 0.5) is 10.5 Å². The van der Waals surface area contributed by atoms with E-state index in [2.05, 4.69) is 15.8 Å². The molecule has 0 saturated heterocycles. The first-order valence-corrected chi connectivity index (χ1v) is 9.06. The first kappa shape index (κ1) is 22.5. The van der Waals surface area contributed by atoms with E-state index in [-0.39, 0.29) is 18.9 Å². The number of ether oxygens (including phenoxy) is 4. The Hall–Kier alpha value is -3.75. The Morgan fingerprint density at radius 1 is 0.933 bits per heavy atom. The van der Waals surface area contributed by atoms with E-state index in [1.165, 1.54) is 14.2 Å². The number of anilines is 1. The SMILES string of the molecule is COc1ccc(COC(=O)NN=C(C)CC(=O)Nc2cc(OC)ccc2OC)cc1. The summed E-state index contributed by atoms with van der Waals surface area (Å²) in [5.74, 6) is 1.47. The molecule has 9 nitrogen and oxygen atoms in total.